The Bertz CT molecular complexity index is 1140. The summed E-state index contributed by atoms with van der Waals surface area (Å²) in [7, 11) is 2.97. The highest BCUT2D eigenvalue weighted by Gasteiger charge is 2.24. The number of esters is 2. The van der Waals surface area contributed by atoms with Crippen LogP contribution >= 0.6 is 21.6 Å². The van der Waals surface area contributed by atoms with Gasteiger partial charge in [-0.25, -0.2) is 9.59 Å². The van der Waals surface area contributed by atoms with Crippen LogP contribution in [-0.2, 0) is 30.2 Å². The number of hydrogen-bond acceptors (Lipinski definition) is 11. The number of aryl methyl sites for hydroxylation is 1. The van der Waals surface area contributed by atoms with Crippen LogP contribution in [0.15, 0.2) is 55.1 Å². The number of carbonyl (C=O) groups excluding carboxylic acids is 3. The minimum atomic E-state index is -0.794. The average Bonchev–Trinajstić information content (AvgIpc) is 2.96. The molecule has 0 aromatic heterocycles. The van der Waals surface area contributed by atoms with Gasteiger partial charge in [0.2, 0.25) is 0 Å². The topological polar surface area (TPSA) is 118 Å². The van der Waals surface area contributed by atoms with Gasteiger partial charge in [-0.15, -0.1) is 0 Å². The maximum atomic E-state index is 12.3. The smallest absolute Gasteiger partial charge is 0.491 e. The molecular weight excluding hydrogens is 568 g/mol. The van der Waals surface area contributed by atoms with Crippen LogP contribution in [0.3, 0.4) is 0 Å². The van der Waals surface area contributed by atoms with Gasteiger partial charge in [0, 0.05) is 17.9 Å². The summed E-state index contributed by atoms with van der Waals surface area (Å²) in [5.74, 6) is 0.858. The van der Waals surface area contributed by atoms with E-state index < -0.39 is 24.3 Å². The molecule has 1 aliphatic heterocycles. The first-order valence-corrected chi connectivity index (χ1v) is 15.9. The van der Waals surface area contributed by atoms with Crippen LogP contribution in [0.1, 0.15) is 47.7 Å². The molecule has 0 saturated carbocycles. The van der Waals surface area contributed by atoms with Gasteiger partial charge in [-0.2, -0.15) is 0 Å². The molecule has 1 N–H and O–H groups in total. The summed E-state index contributed by atoms with van der Waals surface area (Å²) >= 11 is 0. The van der Waals surface area contributed by atoms with E-state index in [4.69, 9.17) is 23.7 Å². The second kappa shape index (κ2) is 17.6. The van der Waals surface area contributed by atoms with Crippen molar-refractivity contribution in [2.75, 3.05) is 37.9 Å². The van der Waals surface area contributed by atoms with Crippen LogP contribution in [0.2, 0.25) is 0 Å². The molecule has 11 heteroatoms. The number of aliphatic hydroxyl groups is 1. The number of hydrogen-bond donors (Lipinski definition) is 1. The van der Waals surface area contributed by atoms with Gasteiger partial charge < -0.3 is 28.8 Å². The Morgan fingerprint density at radius 2 is 1.68 bits per heavy atom. The number of allylic oxidation sites excluding steroid dienone is 1. The molecule has 1 heterocycles. The number of benzene rings is 2. The monoisotopic (exact) mass is 604 g/mol. The Kier molecular flexibility index (Phi) is 13.9. The van der Waals surface area contributed by atoms with Gasteiger partial charge in [-0.3, -0.25) is 4.79 Å². The van der Waals surface area contributed by atoms with Gasteiger partial charge in [0.25, 0.3) is 0 Å². The minimum absolute atomic E-state index is 0.0494. The SMILES string of the molecule is C=C(C)c1ccc(CCC(O)COc2ccc(C(=O)OCCSSCCOC(=O)O[C@@H]3CCOC(=O)C3)cc2)cc1. The fraction of sp³-hybridized carbons (Fsp3) is 0.433. The molecular formula is C30H36O9S2. The van der Waals surface area contributed by atoms with Crippen LogP contribution in [0.5, 0.6) is 5.75 Å². The zero-order valence-electron chi connectivity index (χ0n) is 23.1. The van der Waals surface area contributed by atoms with Crippen LogP contribution < -0.4 is 4.74 Å². The lowest BCUT2D eigenvalue weighted by Crippen LogP contribution is -2.29. The zero-order valence-corrected chi connectivity index (χ0v) is 24.7. The fourth-order valence-electron chi connectivity index (χ4n) is 3.70. The molecule has 41 heavy (non-hydrogen) atoms. The normalized spacial score (nSPS) is 15.4. The molecule has 3 rings (SSSR count). The summed E-state index contributed by atoms with van der Waals surface area (Å²) in [5.41, 5.74) is 3.68. The highest BCUT2D eigenvalue weighted by atomic mass is 33.1. The van der Waals surface area contributed by atoms with E-state index in [1.54, 1.807) is 24.3 Å². The number of rotatable bonds is 16. The predicted octanol–water partition coefficient (Wildman–Crippen LogP) is 5.49. The second-order valence-electron chi connectivity index (χ2n) is 9.34. The summed E-state index contributed by atoms with van der Waals surface area (Å²) in [4.78, 5) is 35.1. The summed E-state index contributed by atoms with van der Waals surface area (Å²) in [5, 5.41) is 10.3. The lowest BCUT2D eigenvalue weighted by molar-refractivity contribution is -0.152. The maximum Gasteiger partial charge on any atom is 0.508 e. The van der Waals surface area contributed by atoms with Crippen molar-refractivity contribution in [2.45, 2.75) is 44.8 Å². The molecule has 0 amide bonds. The van der Waals surface area contributed by atoms with Crippen LogP contribution in [-0.4, -0.2) is 73.3 Å². The molecule has 222 valence electrons. The molecule has 0 radical (unpaired) electrons. The van der Waals surface area contributed by atoms with Crippen molar-refractivity contribution in [2.24, 2.45) is 0 Å². The van der Waals surface area contributed by atoms with Gasteiger partial charge in [-0.05, 0) is 55.2 Å². The van der Waals surface area contributed by atoms with Crippen molar-refractivity contribution in [3.05, 3.63) is 71.8 Å². The van der Waals surface area contributed by atoms with Crippen molar-refractivity contribution < 1.29 is 43.2 Å². The van der Waals surface area contributed by atoms with E-state index in [0.717, 1.165) is 23.1 Å². The number of cyclic esters (lactones) is 1. The Balaban J connectivity index is 1.21. The fourth-order valence-corrected chi connectivity index (χ4v) is 5.36. The lowest BCUT2D eigenvalue weighted by Gasteiger charge is -2.20. The average molecular weight is 605 g/mol. The standard InChI is InChI=1S/C30H36O9S2/c1-21(2)23-6-3-22(4-7-23)5-10-25(31)20-38-26-11-8-24(9-12-26)29(33)36-15-17-40-41-18-16-37-30(34)39-27-13-14-35-28(32)19-27/h3-4,6-9,11-12,25,27,31H,1,5,10,13-20H2,2H3/t25?,27-/m1/s1. The molecule has 1 fully saturated rings. The molecule has 1 aliphatic rings. The largest absolute Gasteiger partial charge is 0.508 e. The van der Waals surface area contributed by atoms with E-state index in [1.165, 1.54) is 21.6 Å². The molecule has 9 nitrogen and oxygen atoms in total. The first kappa shape index (κ1) is 32.4. The first-order valence-electron chi connectivity index (χ1n) is 13.4. The highest BCUT2D eigenvalue weighted by Crippen LogP contribution is 2.21. The quantitative estimate of drug-likeness (QED) is 0.113. The van der Waals surface area contributed by atoms with E-state index in [1.807, 2.05) is 31.2 Å². The van der Waals surface area contributed by atoms with Gasteiger partial charge in [-0.1, -0.05) is 58.0 Å². The third kappa shape index (κ3) is 12.5. The first-order chi connectivity index (χ1) is 19.8. The Hall–Kier alpha value is -3.15. The van der Waals surface area contributed by atoms with Gasteiger partial charge in [0.05, 0.1) is 24.7 Å². The maximum absolute atomic E-state index is 12.3. The summed E-state index contributed by atoms with van der Waals surface area (Å²) in [6.07, 6.45) is -0.0622. The van der Waals surface area contributed by atoms with E-state index in [-0.39, 0.29) is 38.8 Å². The number of aliphatic hydroxyl groups excluding tert-OH is 1. The van der Waals surface area contributed by atoms with E-state index in [2.05, 4.69) is 6.58 Å². The Morgan fingerprint density at radius 3 is 2.34 bits per heavy atom. The van der Waals surface area contributed by atoms with Gasteiger partial charge in [0.15, 0.2) is 0 Å². The molecule has 2 aromatic rings. The molecule has 0 aliphatic carbocycles. The molecule has 0 bridgehead atoms. The summed E-state index contributed by atoms with van der Waals surface area (Å²) < 4.78 is 25.8. The predicted molar refractivity (Wildman–Crippen MR) is 159 cm³/mol. The molecule has 1 saturated heterocycles. The molecule has 1 unspecified atom stereocenters. The van der Waals surface area contributed by atoms with E-state index >= 15 is 0 Å². The zero-order chi connectivity index (χ0) is 29.5. The number of ether oxygens (including phenoxy) is 5. The molecule has 2 aromatic carbocycles. The highest BCUT2D eigenvalue weighted by molar-refractivity contribution is 8.76. The van der Waals surface area contributed by atoms with Crippen LogP contribution in [0.4, 0.5) is 4.79 Å². The van der Waals surface area contributed by atoms with Crippen LogP contribution in [0, 0.1) is 0 Å². The number of carbonyl (C=O) groups is 3. The van der Waals surface area contributed by atoms with Crippen molar-refractivity contribution in [1.82, 2.24) is 0 Å². The Morgan fingerprint density at radius 1 is 1.02 bits per heavy atom. The lowest BCUT2D eigenvalue weighted by atomic mass is 10.0. The third-order valence-electron chi connectivity index (χ3n) is 5.98. The van der Waals surface area contributed by atoms with E-state index in [0.29, 0.717) is 35.7 Å². The second-order valence-corrected chi connectivity index (χ2v) is 12.0. The van der Waals surface area contributed by atoms with Gasteiger partial charge in [0.1, 0.15) is 31.7 Å². The van der Waals surface area contributed by atoms with Crippen molar-refractivity contribution in [1.29, 1.82) is 0 Å². The molecule has 2 atom stereocenters. The van der Waals surface area contributed by atoms with E-state index in [9.17, 15) is 19.5 Å². The van der Waals surface area contributed by atoms with Gasteiger partial charge >= 0.3 is 18.1 Å². The minimum Gasteiger partial charge on any atom is -0.491 e. The third-order valence-corrected chi connectivity index (χ3v) is 8.31. The van der Waals surface area contributed by atoms with Crippen molar-refractivity contribution in [3.63, 3.8) is 0 Å². The van der Waals surface area contributed by atoms with Crippen molar-refractivity contribution >= 4 is 45.3 Å². The van der Waals surface area contributed by atoms with Crippen LogP contribution in [0.25, 0.3) is 5.57 Å². The summed E-state index contributed by atoms with van der Waals surface area (Å²) in [6.45, 7) is 6.71. The Labute approximate surface area is 248 Å². The van der Waals surface area contributed by atoms with Crippen molar-refractivity contribution in [3.8, 4) is 5.75 Å². The summed E-state index contributed by atoms with van der Waals surface area (Å²) in [6, 6.07) is 14.8. The molecule has 0 spiro atoms.